The SMILES string of the molecule is CO[C@]1(C(C)c2ccc(N3CCOCC3)nc2)C=C2C(=O)O[C@@H]3CCC(C1)[C@]23OC. The van der Waals surface area contributed by atoms with Gasteiger partial charge in [-0.25, -0.2) is 9.78 Å². The van der Waals surface area contributed by atoms with Crippen LogP contribution >= 0.6 is 0 Å². The highest BCUT2D eigenvalue weighted by atomic mass is 16.6. The number of carbonyl (C=O) groups is 1. The highest BCUT2D eigenvalue weighted by Gasteiger charge is 2.66. The number of morpholine rings is 1. The van der Waals surface area contributed by atoms with Gasteiger partial charge in [0.05, 0.1) is 24.4 Å². The first kappa shape index (κ1) is 20.0. The Kier molecular flexibility index (Phi) is 4.87. The van der Waals surface area contributed by atoms with Gasteiger partial charge >= 0.3 is 5.97 Å². The molecule has 5 rings (SSSR count). The zero-order valence-corrected chi connectivity index (χ0v) is 17.9. The number of ether oxygens (including phenoxy) is 4. The highest BCUT2D eigenvalue weighted by molar-refractivity contribution is 5.95. The Bertz CT molecular complexity index is 850. The first-order valence-corrected chi connectivity index (χ1v) is 10.9. The summed E-state index contributed by atoms with van der Waals surface area (Å²) < 4.78 is 23.2. The van der Waals surface area contributed by atoms with Crippen LogP contribution in [-0.2, 0) is 23.7 Å². The Morgan fingerprint density at radius 2 is 2.00 bits per heavy atom. The molecule has 2 unspecified atom stereocenters. The molecule has 4 aliphatic rings. The molecule has 0 radical (unpaired) electrons. The number of anilines is 1. The summed E-state index contributed by atoms with van der Waals surface area (Å²) in [7, 11) is 3.42. The maximum absolute atomic E-state index is 12.7. The fourth-order valence-electron chi connectivity index (χ4n) is 5.99. The molecule has 1 aromatic heterocycles. The third-order valence-corrected chi connectivity index (χ3v) is 7.76. The minimum absolute atomic E-state index is 0.0311. The van der Waals surface area contributed by atoms with Crippen molar-refractivity contribution in [3.05, 3.63) is 35.5 Å². The predicted molar refractivity (Wildman–Crippen MR) is 110 cm³/mol. The van der Waals surface area contributed by atoms with E-state index in [9.17, 15) is 4.79 Å². The Balaban J connectivity index is 1.47. The van der Waals surface area contributed by atoms with Crippen LogP contribution in [0.4, 0.5) is 5.82 Å². The van der Waals surface area contributed by atoms with Gasteiger partial charge in [-0.05, 0) is 42.9 Å². The lowest BCUT2D eigenvalue weighted by Gasteiger charge is -2.46. The van der Waals surface area contributed by atoms with Crippen molar-refractivity contribution in [3.8, 4) is 0 Å². The molecule has 7 nitrogen and oxygen atoms in total. The second-order valence-corrected chi connectivity index (χ2v) is 8.86. The third kappa shape index (κ3) is 2.75. The van der Waals surface area contributed by atoms with E-state index in [4.69, 9.17) is 23.9 Å². The minimum atomic E-state index is -0.614. The van der Waals surface area contributed by atoms with Gasteiger partial charge in [0, 0.05) is 39.4 Å². The van der Waals surface area contributed by atoms with Crippen LogP contribution in [-0.4, -0.2) is 68.8 Å². The molecule has 0 N–H and O–H groups in total. The molecule has 3 fully saturated rings. The molecular weight excluding hydrogens is 384 g/mol. The van der Waals surface area contributed by atoms with E-state index in [2.05, 4.69) is 24.0 Å². The summed E-state index contributed by atoms with van der Waals surface area (Å²) in [4.78, 5) is 19.7. The van der Waals surface area contributed by atoms with Crippen molar-refractivity contribution in [1.82, 2.24) is 4.98 Å². The zero-order chi connectivity index (χ0) is 20.9. The summed E-state index contributed by atoms with van der Waals surface area (Å²) in [5, 5.41) is 0. The van der Waals surface area contributed by atoms with E-state index in [-0.39, 0.29) is 23.9 Å². The van der Waals surface area contributed by atoms with Crippen molar-refractivity contribution in [2.24, 2.45) is 5.92 Å². The second-order valence-electron chi connectivity index (χ2n) is 8.86. The number of rotatable bonds is 5. The molecule has 3 heterocycles. The zero-order valence-electron chi connectivity index (χ0n) is 17.9. The number of nitrogens with zero attached hydrogens (tertiary/aromatic N) is 2. The molecule has 2 saturated heterocycles. The van der Waals surface area contributed by atoms with Crippen LogP contribution in [0.3, 0.4) is 0 Å². The first-order chi connectivity index (χ1) is 14.5. The van der Waals surface area contributed by atoms with E-state index in [1.54, 1.807) is 14.2 Å². The summed E-state index contributed by atoms with van der Waals surface area (Å²) in [6, 6.07) is 4.20. The fourth-order valence-corrected chi connectivity index (χ4v) is 5.99. The highest BCUT2D eigenvalue weighted by Crippen LogP contribution is 2.58. The Morgan fingerprint density at radius 1 is 1.20 bits per heavy atom. The summed E-state index contributed by atoms with van der Waals surface area (Å²) in [5.74, 6) is 0.935. The van der Waals surface area contributed by atoms with Gasteiger partial charge in [0.25, 0.3) is 0 Å². The average Bonchev–Trinajstić information content (AvgIpc) is 3.30. The molecule has 162 valence electrons. The molecule has 2 aliphatic carbocycles. The van der Waals surface area contributed by atoms with E-state index < -0.39 is 11.2 Å². The quantitative estimate of drug-likeness (QED) is 0.686. The largest absolute Gasteiger partial charge is 0.455 e. The lowest BCUT2D eigenvalue weighted by atomic mass is 9.66. The average molecular weight is 415 g/mol. The molecule has 5 atom stereocenters. The summed E-state index contributed by atoms with van der Waals surface area (Å²) >= 11 is 0. The van der Waals surface area contributed by atoms with Gasteiger partial charge < -0.3 is 23.8 Å². The summed E-state index contributed by atoms with van der Waals surface area (Å²) in [5.41, 5.74) is 0.520. The van der Waals surface area contributed by atoms with Crippen LogP contribution < -0.4 is 4.90 Å². The van der Waals surface area contributed by atoms with Crippen molar-refractivity contribution in [2.45, 2.75) is 49.4 Å². The number of esters is 1. The van der Waals surface area contributed by atoms with E-state index >= 15 is 0 Å². The molecular formula is C23H30N2O5. The number of methoxy groups -OCH3 is 2. The van der Waals surface area contributed by atoms with Gasteiger partial charge in [-0.2, -0.15) is 0 Å². The summed E-state index contributed by atoms with van der Waals surface area (Å²) in [6.07, 6.45) is 6.35. The van der Waals surface area contributed by atoms with E-state index in [1.165, 1.54) is 0 Å². The van der Waals surface area contributed by atoms with Crippen LogP contribution in [0.1, 0.15) is 37.7 Å². The maximum atomic E-state index is 12.7. The molecule has 2 aliphatic heterocycles. The normalized spacial score (nSPS) is 36.3. The monoisotopic (exact) mass is 414 g/mol. The van der Waals surface area contributed by atoms with Crippen molar-refractivity contribution < 1.29 is 23.7 Å². The smallest absolute Gasteiger partial charge is 0.337 e. The molecule has 1 saturated carbocycles. The van der Waals surface area contributed by atoms with Crippen LogP contribution in [0, 0.1) is 5.92 Å². The van der Waals surface area contributed by atoms with Gasteiger partial charge in [0.15, 0.2) is 0 Å². The Labute approximate surface area is 177 Å². The third-order valence-electron chi connectivity index (χ3n) is 7.76. The predicted octanol–water partition coefficient (Wildman–Crippen LogP) is 2.46. The van der Waals surface area contributed by atoms with Crippen LogP contribution in [0.15, 0.2) is 30.0 Å². The molecule has 0 spiro atoms. The standard InChI is InChI=1S/C23H30N2O5/c1-15(16-4-7-20(24-14-16)25-8-10-29-11-9-25)22(27-2)12-17-5-6-19-23(17,28-3)18(13-22)21(26)30-19/h4,7,13-15,17,19H,5-6,8-12H2,1-3H3/t15?,17?,19-,22+,23+/m1/s1. The van der Waals surface area contributed by atoms with Crippen LogP contribution in [0.5, 0.6) is 0 Å². The molecule has 30 heavy (non-hydrogen) atoms. The molecule has 0 amide bonds. The molecule has 0 aromatic carbocycles. The van der Waals surface area contributed by atoms with E-state index in [1.807, 2.05) is 12.3 Å². The first-order valence-electron chi connectivity index (χ1n) is 10.9. The van der Waals surface area contributed by atoms with Crippen molar-refractivity contribution in [2.75, 3.05) is 45.4 Å². The van der Waals surface area contributed by atoms with Gasteiger partial charge in [0.2, 0.25) is 0 Å². The number of pyridine rings is 1. The van der Waals surface area contributed by atoms with E-state index in [0.29, 0.717) is 5.57 Å². The number of hydrogen-bond acceptors (Lipinski definition) is 7. The summed E-state index contributed by atoms with van der Waals surface area (Å²) in [6.45, 7) is 5.35. The molecule has 1 aromatic rings. The van der Waals surface area contributed by atoms with Gasteiger partial charge in [-0.15, -0.1) is 0 Å². The van der Waals surface area contributed by atoms with Crippen LogP contribution in [0.25, 0.3) is 0 Å². The number of aromatic nitrogens is 1. The van der Waals surface area contributed by atoms with Crippen molar-refractivity contribution in [3.63, 3.8) is 0 Å². The van der Waals surface area contributed by atoms with Crippen molar-refractivity contribution >= 4 is 11.8 Å². The number of hydrogen-bond donors (Lipinski definition) is 0. The fraction of sp³-hybridized carbons (Fsp3) is 0.652. The number of carbonyl (C=O) groups excluding carboxylic acids is 1. The Morgan fingerprint density at radius 3 is 2.67 bits per heavy atom. The maximum Gasteiger partial charge on any atom is 0.337 e. The van der Waals surface area contributed by atoms with Crippen LogP contribution in [0.2, 0.25) is 0 Å². The van der Waals surface area contributed by atoms with Gasteiger partial charge in [-0.3, -0.25) is 0 Å². The molecule has 7 heteroatoms. The minimum Gasteiger partial charge on any atom is -0.455 e. The van der Waals surface area contributed by atoms with Crippen molar-refractivity contribution in [1.29, 1.82) is 0 Å². The Hall–Kier alpha value is -1.96. The molecule has 0 bridgehead atoms. The lowest BCUT2D eigenvalue weighted by Crippen LogP contribution is -2.52. The van der Waals surface area contributed by atoms with Gasteiger partial charge in [-0.1, -0.05) is 13.0 Å². The van der Waals surface area contributed by atoms with E-state index in [0.717, 1.165) is 56.9 Å². The lowest BCUT2D eigenvalue weighted by molar-refractivity contribution is -0.141. The second kappa shape index (κ2) is 7.32. The topological polar surface area (TPSA) is 70.1 Å². The van der Waals surface area contributed by atoms with Gasteiger partial charge in [0.1, 0.15) is 17.5 Å².